The first-order valence-corrected chi connectivity index (χ1v) is 7.42. The van der Waals surface area contributed by atoms with Gasteiger partial charge in [-0.15, -0.1) is 0 Å². The Bertz CT molecular complexity index is 625. The van der Waals surface area contributed by atoms with Crippen LogP contribution in [-0.2, 0) is 11.3 Å². The molecule has 104 valence electrons. The van der Waals surface area contributed by atoms with Gasteiger partial charge in [-0.2, -0.15) is 0 Å². The lowest BCUT2D eigenvalue weighted by Crippen LogP contribution is -2.07. The third-order valence-corrected chi connectivity index (χ3v) is 4.87. The fourth-order valence-electron chi connectivity index (χ4n) is 3.46. The standard InChI is InChI=1S/C17H20N2O/c1-13-3-2-4-14(7-13)16-10-19(12-18-16)9-15-8-17(15)5-6-20-11-17/h2-4,7,10,12,15H,5-6,8-9,11H2,1H3. The van der Waals surface area contributed by atoms with E-state index in [9.17, 15) is 0 Å². The lowest BCUT2D eigenvalue weighted by Gasteiger charge is -2.06. The first kappa shape index (κ1) is 12.2. The predicted octanol–water partition coefficient (Wildman–Crippen LogP) is 3.29. The van der Waals surface area contributed by atoms with Crippen LogP contribution in [0, 0.1) is 18.3 Å². The molecule has 0 radical (unpaired) electrons. The first-order valence-electron chi connectivity index (χ1n) is 7.42. The van der Waals surface area contributed by atoms with Crippen LogP contribution in [0.2, 0.25) is 0 Å². The van der Waals surface area contributed by atoms with E-state index in [1.54, 1.807) is 0 Å². The van der Waals surface area contributed by atoms with Gasteiger partial charge in [-0.05, 0) is 31.7 Å². The highest BCUT2D eigenvalue weighted by atomic mass is 16.5. The SMILES string of the molecule is Cc1cccc(-c2cn(CC3CC34CCOC4)cn2)c1. The summed E-state index contributed by atoms with van der Waals surface area (Å²) in [6.45, 7) is 5.13. The van der Waals surface area contributed by atoms with Gasteiger partial charge in [0.25, 0.3) is 0 Å². The van der Waals surface area contributed by atoms with E-state index in [-0.39, 0.29) is 0 Å². The summed E-state index contributed by atoms with van der Waals surface area (Å²) in [5, 5.41) is 0. The molecule has 3 nitrogen and oxygen atoms in total. The van der Waals surface area contributed by atoms with Crippen LogP contribution in [0.4, 0.5) is 0 Å². The minimum Gasteiger partial charge on any atom is -0.381 e. The number of rotatable bonds is 3. The van der Waals surface area contributed by atoms with Gasteiger partial charge in [-0.1, -0.05) is 23.8 Å². The van der Waals surface area contributed by atoms with Crippen molar-refractivity contribution in [2.24, 2.45) is 11.3 Å². The quantitative estimate of drug-likeness (QED) is 0.854. The predicted molar refractivity (Wildman–Crippen MR) is 78.4 cm³/mol. The molecule has 3 heteroatoms. The van der Waals surface area contributed by atoms with E-state index >= 15 is 0 Å². The van der Waals surface area contributed by atoms with Crippen LogP contribution in [0.5, 0.6) is 0 Å². The molecule has 2 unspecified atom stereocenters. The lowest BCUT2D eigenvalue weighted by atomic mass is 10.0. The summed E-state index contributed by atoms with van der Waals surface area (Å²) in [5.41, 5.74) is 4.07. The van der Waals surface area contributed by atoms with Crippen molar-refractivity contribution in [2.45, 2.75) is 26.3 Å². The van der Waals surface area contributed by atoms with E-state index in [0.29, 0.717) is 5.41 Å². The summed E-state index contributed by atoms with van der Waals surface area (Å²) in [4.78, 5) is 4.56. The zero-order valence-corrected chi connectivity index (χ0v) is 11.9. The number of hydrogen-bond acceptors (Lipinski definition) is 2. The zero-order valence-electron chi connectivity index (χ0n) is 11.9. The van der Waals surface area contributed by atoms with Crippen LogP contribution in [0.3, 0.4) is 0 Å². The molecule has 20 heavy (non-hydrogen) atoms. The largest absolute Gasteiger partial charge is 0.381 e. The summed E-state index contributed by atoms with van der Waals surface area (Å²) in [7, 11) is 0. The molecular weight excluding hydrogens is 248 g/mol. The van der Waals surface area contributed by atoms with Gasteiger partial charge in [0.1, 0.15) is 0 Å². The number of nitrogens with zero attached hydrogens (tertiary/aromatic N) is 2. The number of aromatic nitrogens is 2. The average molecular weight is 268 g/mol. The van der Waals surface area contributed by atoms with E-state index in [4.69, 9.17) is 4.74 Å². The summed E-state index contributed by atoms with van der Waals surface area (Å²) in [6, 6.07) is 8.53. The number of ether oxygens (including phenoxy) is 1. The molecule has 2 atom stereocenters. The molecule has 1 spiro atoms. The van der Waals surface area contributed by atoms with Gasteiger partial charge in [0.05, 0.1) is 18.6 Å². The normalized spacial score (nSPS) is 28.1. The number of hydrogen-bond donors (Lipinski definition) is 0. The van der Waals surface area contributed by atoms with Crippen molar-refractivity contribution in [3.05, 3.63) is 42.4 Å². The monoisotopic (exact) mass is 268 g/mol. The smallest absolute Gasteiger partial charge is 0.0953 e. The molecule has 2 aliphatic rings. The van der Waals surface area contributed by atoms with Gasteiger partial charge in [0.15, 0.2) is 0 Å². The van der Waals surface area contributed by atoms with Crippen LogP contribution in [0.15, 0.2) is 36.8 Å². The molecule has 1 aliphatic heterocycles. The van der Waals surface area contributed by atoms with Crippen LogP contribution in [0.25, 0.3) is 11.3 Å². The second-order valence-electron chi connectivity index (χ2n) is 6.39. The van der Waals surface area contributed by atoms with Gasteiger partial charge in [-0.25, -0.2) is 4.98 Å². The Morgan fingerprint density at radius 2 is 2.40 bits per heavy atom. The summed E-state index contributed by atoms with van der Waals surface area (Å²) in [6.07, 6.45) is 6.72. The molecule has 0 amide bonds. The van der Waals surface area contributed by atoms with Crippen molar-refractivity contribution in [2.75, 3.05) is 13.2 Å². The molecular formula is C17H20N2O. The van der Waals surface area contributed by atoms with E-state index < -0.39 is 0 Å². The van der Waals surface area contributed by atoms with Crippen LogP contribution < -0.4 is 0 Å². The Morgan fingerprint density at radius 3 is 3.20 bits per heavy atom. The maximum absolute atomic E-state index is 5.55. The Balaban J connectivity index is 1.49. The van der Waals surface area contributed by atoms with Gasteiger partial charge in [0, 0.05) is 30.3 Å². The molecule has 1 aromatic carbocycles. The van der Waals surface area contributed by atoms with E-state index in [0.717, 1.165) is 31.4 Å². The third-order valence-electron chi connectivity index (χ3n) is 4.87. The fraction of sp³-hybridized carbons (Fsp3) is 0.471. The lowest BCUT2D eigenvalue weighted by molar-refractivity contribution is 0.178. The van der Waals surface area contributed by atoms with Gasteiger partial charge < -0.3 is 9.30 Å². The van der Waals surface area contributed by atoms with Crippen molar-refractivity contribution < 1.29 is 4.74 Å². The molecule has 1 aromatic heterocycles. The molecule has 2 aromatic rings. The molecule has 1 aliphatic carbocycles. The number of imidazole rings is 1. The van der Waals surface area contributed by atoms with Crippen LogP contribution in [-0.4, -0.2) is 22.8 Å². The molecule has 0 bridgehead atoms. The zero-order chi connectivity index (χ0) is 13.6. The average Bonchev–Trinajstić information content (AvgIpc) is 2.84. The molecule has 4 rings (SSSR count). The van der Waals surface area contributed by atoms with E-state index in [2.05, 4.69) is 46.9 Å². The summed E-state index contributed by atoms with van der Waals surface area (Å²) >= 11 is 0. The molecule has 2 heterocycles. The Hall–Kier alpha value is -1.61. The topological polar surface area (TPSA) is 27.1 Å². The third kappa shape index (κ3) is 2.06. The van der Waals surface area contributed by atoms with Crippen molar-refractivity contribution >= 4 is 0 Å². The highest BCUT2D eigenvalue weighted by Gasteiger charge is 2.55. The fourth-order valence-corrected chi connectivity index (χ4v) is 3.46. The molecule has 2 fully saturated rings. The molecule has 1 saturated heterocycles. The first-order chi connectivity index (χ1) is 9.75. The van der Waals surface area contributed by atoms with Crippen LogP contribution >= 0.6 is 0 Å². The molecule has 1 saturated carbocycles. The van der Waals surface area contributed by atoms with Crippen molar-refractivity contribution in [3.63, 3.8) is 0 Å². The highest BCUT2D eigenvalue weighted by Crippen LogP contribution is 2.58. The maximum atomic E-state index is 5.55. The summed E-state index contributed by atoms with van der Waals surface area (Å²) < 4.78 is 7.80. The van der Waals surface area contributed by atoms with Crippen molar-refractivity contribution in [3.8, 4) is 11.3 Å². The van der Waals surface area contributed by atoms with Gasteiger partial charge in [-0.3, -0.25) is 0 Å². The van der Waals surface area contributed by atoms with Crippen molar-refractivity contribution in [1.82, 2.24) is 9.55 Å². The van der Waals surface area contributed by atoms with E-state index in [1.807, 2.05) is 6.33 Å². The minimum atomic E-state index is 0.508. The highest BCUT2D eigenvalue weighted by molar-refractivity contribution is 5.59. The minimum absolute atomic E-state index is 0.508. The van der Waals surface area contributed by atoms with Gasteiger partial charge >= 0.3 is 0 Å². The second kappa shape index (κ2) is 4.45. The Morgan fingerprint density at radius 1 is 1.45 bits per heavy atom. The van der Waals surface area contributed by atoms with Crippen LogP contribution in [0.1, 0.15) is 18.4 Å². The van der Waals surface area contributed by atoms with Gasteiger partial charge in [0.2, 0.25) is 0 Å². The van der Waals surface area contributed by atoms with Crippen molar-refractivity contribution in [1.29, 1.82) is 0 Å². The Kier molecular flexibility index (Phi) is 2.71. The van der Waals surface area contributed by atoms with E-state index in [1.165, 1.54) is 24.0 Å². The second-order valence-corrected chi connectivity index (χ2v) is 6.39. The summed E-state index contributed by atoms with van der Waals surface area (Å²) in [5.74, 6) is 0.782. The molecule has 0 N–H and O–H groups in total. The Labute approximate surface area is 119 Å². The number of benzene rings is 1. The maximum Gasteiger partial charge on any atom is 0.0953 e. The number of aryl methyl sites for hydroxylation is 1.